The second-order valence-electron chi connectivity index (χ2n) is 10.1. The molecular weight excluding hydrogens is 494 g/mol. The van der Waals surface area contributed by atoms with Gasteiger partial charge in [0.2, 0.25) is 0 Å². The maximum atomic E-state index is 13.2. The lowest BCUT2D eigenvalue weighted by atomic mass is 10.1. The second kappa shape index (κ2) is 16.6. The molecule has 0 aliphatic heterocycles. The van der Waals surface area contributed by atoms with Crippen LogP contribution in [-0.2, 0) is 19.7 Å². The lowest BCUT2D eigenvalue weighted by Gasteiger charge is -2.28. The van der Waals surface area contributed by atoms with Crippen molar-refractivity contribution in [3.63, 3.8) is 0 Å². The molecule has 1 rings (SSSR count). The Hall–Kier alpha value is -1.16. The first-order valence-electron chi connectivity index (χ1n) is 14.1. The van der Waals surface area contributed by atoms with E-state index in [0.29, 0.717) is 12.0 Å². The van der Waals surface area contributed by atoms with Gasteiger partial charge >= 0.3 is 5.97 Å². The Morgan fingerprint density at radius 2 is 1.50 bits per heavy atom. The number of sulfonamides is 1. The largest absolute Gasteiger partial charge is 0.474 e. The predicted molar refractivity (Wildman–Crippen MR) is 149 cm³/mol. The van der Waals surface area contributed by atoms with Gasteiger partial charge in [-0.3, -0.25) is 4.79 Å². The summed E-state index contributed by atoms with van der Waals surface area (Å²) in [6.07, 6.45) is 11.9. The number of carbonyl (C=O) groups is 1. The highest BCUT2D eigenvalue weighted by atomic mass is 32.2. The number of rotatable bonds is 20. The summed E-state index contributed by atoms with van der Waals surface area (Å²) in [6.45, 7) is 11.3. The molecule has 2 atom stereocenters. The van der Waals surface area contributed by atoms with Gasteiger partial charge in [0.05, 0.1) is 29.5 Å². The topological polar surface area (TPSA) is 97.0 Å². The van der Waals surface area contributed by atoms with Gasteiger partial charge in [0, 0.05) is 12.0 Å². The molecule has 36 heavy (non-hydrogen) atoms. The van der Waals surface area contributed by atoms with E-state index in [2.05, 4.69) is 27.7 Å². The molecular formula is C27H51NO6SSi. The highest BCUT2D eigenvalue weighted by Gasteiger charge is 2.39. The summed E-state index contributed by atoms with van der Waals surface area (Å²) in [5.41, 5.74) is 0.654. The van der Waals surface area contributed by atoms with E-state index in [1.54, 1.807) is 13.2 Å². The zero-order chi connectivity index (χ0) is 27.2. The molecule has 9 heteroatoms. The van der Waals surface area contributed by atoms with Crippen LogP contribution in [0.15, 0.2) is 16.7 Å². The maximum Gasteiger partial charge on any atom is 0.326 e. The normalized spacial score (nSPS) is 14.2. The van der Waals surface area contributed by atoms with Crippen LogP contribution in [0.2, 0.25) is 18.1 Å². The fraction of sp³-hybridized carbons (Fsp3) is 0.815. The molecule has 0 aliphatic rings. The van der Waals surface area contributed by atoms with E-state index in [-0.39, 0.29) is 6.42 Å². The van der Waals surface area contributed by atoms with Crippen molar-refractivity contribution in [2.75, 3.05) is 6.61 Å². The number of carbonyl (C=O) groups excluding carboxylic acids is 1. The maximum absolute atomic E-state index is 13.2. The van der Waals surface area contributed by atoms with Crippen molar-refractivity contribution in [2.45, 2.75) is 135 Å². The molecule has 2 unspecified atom stereocenters. The van der Waals surface area contributed by atoms with Crippen molar-refractivity contribution < 1.29 is 27.6 Å². The Bertz CT molecular complexity index is 844. The van der Waals surface area contributed by atoms with Gasteiger partial charge in [0.1, 0.15) is 8.07 Å². The summed E-state index contributed by atoms with van der Waals surface area (Å²) in [7, 11) is -5.86. The van der Waals surface area contributed by atoms with Crippen LogP contribution < -0.4 is 5.38 Å². The number of hydrogen-bond donors (Lipinski definition) is 1. The Labute approximate surface area is 221 Å². The van der Waals surface area contributed by atoms with Gasteiger partial charge < -0.3 is 14.4 Å². The van der Waals surface area contributed by atoms with Crippen molar-refractivity contribution in [1.82, 2.24) is 4.47 Å². The number of unbranched alkanes of at least 4 members (excludes halogenated alkanes) is 8. The van der Waals surface area contributed by atoms with Crippen molar-refractivity contribution in [2.24, 2.45) is 0 Å². The smallest absolute Gasteiger partial charge is 0.326 e. The van der Waals surface area contributed by atoms with E-state index < -0.39 is 42.0 Å². The van der Waals surface area contributed by atoms with Crippen LogP contribution in [0, 0.1) is 0 Å². The predicted octanol–water partition coefficient (Wildman–Crippen LogP) is 6.45. The summed E-state index contributed by atoms with van der Waals surface area (Å²) in [4.78, 5) is 18.1. The van der Waals surface area contributed by atoms with Gasteiger partial charge in [-0.05, 0) is 30.8 Å². The third kappa shape index (κ3) is 9.30. The average Bonchev–Trinajstić information content (AvgIpc) is 3.37. The zero-order valence-corrected chi connectivity index (χ0v) is 25.4. The molecule has 0 saturated heterocycles. The molecule has 1 aromatic rings. The van der Waals surface area contributed by atoms with Crippen LogP contribution in [0.1, 0.15) is 117 Å². The second-order valence-corrected chi connectivity index (χ2v) is 17.5. The van der Waals surface area contributed by atoms with Crippen LogP contribution >= 0.6 is 0 Å². The van der Waals surface area contributed by atoms with Crippen LogP contribution in [0.5, 0.6) is 0 Å². The first kappa shape index (κ1) is 32.9. The van der Waals surface area contributed by atoms with Crippen LogP contribution in [0.3, 0.4) is 0 Å². The molecule has 0 spiro atoms. The van der Waals surface area contributed by atoms with Crippen LogP contribution in [0.25, 0.3) is 0 Å². The molecule has 0 aromatic carbocycles. The number of aliphatic hydroxyl groups is 1. The van der Waals surface area contributed by atoms with E-state index in [1.807, 2.05) is 6.07 Å². The van der Waals surface area contributed by atoms with Gasteiger partial charge in [-0.2, -0.15) is 0 Å². The SMILES string of the molecule is CCCCCCCCCCCC(=O)ON(C(C)c1coc([Si](CC)(CC)CC)c1)S(=O)(=O)C(C)CO. The molecule has 0 saturated carbocycles. The summed E-state index contributed by atoms with van der Waals surface area (Å²) < 4.78 is 33.1. The van der Waals surface area contributed by atoms with Crippen molar-refractivity contribution in [3.8, 4) is 0 Å². The molecule has 0 fully saturated rings. The summed E-state index contributed by atoms with van der Waals surface area (Å²) in [5.74, 6) is -0.568. The van der Waals surface area contributed by atoms with Crippen LogP contribution in [-0.4, -0.2) is 43.9 Å². The van der Waals surface area contributed by atoms with Crippen molar-refractivity contribution in [1.29, 1.82) is 0 Å². The van der Waals surface area contributed by atoms with Gasteiger partial charge in [0.15, 0.2) is 0 Å². The van der Waals surface area contributed by atoms with Gasteiger partial charge in [-0.15, -0.1) is 0 Å². The molecule has 1 aromatic heterocycles. The average molecular weight is 546 g/mol. The number of hydroxylamine groups is 1. The van der Waals surface area contributed by atoms with Gasteiger partial charge in [-0.1, -0.05) is 97.2 Å². The lowest BCUT2D eigenvalue weighted by molar-refractivity contribution is -0.175. The molecule has 1 heterocycles. The summed E-state index contributed by atoms with van der Waals surface area (Å²) in [5, 5.41) is 9.40. The summed E-state index contributed by atoms with van der Waals surface area (Å²) >= 11 is 0. The Morgan fingerprint density at radius 1 is 0.972 bits per heavy atom. The number of nitrogens with zero attached hydrogens (tertiary/aromatic N) is 1. The molecule has 7 nitrogen and oxygen atoms in total. The standard InChI is InChI=1S/C27H51NO6SSi/c1-7-11-12-13-14-15-16-17-18-19-26(30)34-28(35(31,32)23(5)21-29)24(6)25-20-27(33-22-25)36(8-2,9-3)10-4/h20,22-24,29H,7-19,21H2,1-6H3. The first-order chi connectivity index (χ1) is 17.1. The number of hydrogen-bond acceptors (Lipinski definition) is 6. The minimum absolute atomic E-state index is 0.163. The lowest BCUT2D eigenvalue weighted by Crippen LogP contribution is -2.45. The van der Waals surface area contributed by atoms with Gasteiger partial charge in [-0.25, -0.2) is 8.42 Å². The molecule has 0 amide bonds. The molecule has 0 bridgehead atoms. The number of aliphatic hydroxyl groups excluding tert-OH is 1. The third-order valence-electron chi connectivity index (χ3n) is 7.66. The number of furan rings is 1. The first-order valence-corrected chi connectivity index (χ1v) is 18.2. The van der Waals surface area contributed by atoms with Crippen molar-refractivity contribution in [3.05, 3.63) is 17.9 Å². The quantitative estimate of drug-likeness (QED) is 0.115. The highest BCUT2D eigenvalue weighted by Crippen LogP contribution is 2.29. The van der Waals surface area contributed by atoms with Crippen molar-refractivity contribution >= 4 is 29.4 Å². The third-order valence-corrected chi connectivity index (χ3v) is 15.1. The molecule has 0 radical (unpaired) electrons. The van der Waals surface area contributed by atoms with E-state index in [4.69, 9.17) is 9.25 Å². The van der Waals surface area contributed by atoms with E-state index in [9.17, 15) is 18.3 Å². The minimum Gasteiger partial charge on any atom is -0.474 e. The van der Waals surface area contributed by atoms with Crippen LogP contribution in [0.4, 0.5) is 0 Å². The Balaban J connectivity index is 2.86. The zero-order valence-electron chi connectivity index (χ0n) is 23.6. The molecule has 0 aliphatic carbocycles. The van der Waals surface area contributed by atoms with E-state index in [0.717, 1.165) is 47.2 Å². The molecule has 1 N–H and O–H groups in total. The fourth-order valence-electron chi connectivity index (χ4n) is 4.59. The highest BCUT2D eigenvalue weighted by molar-refractivity contribution is 7.89. The minimum atomic E-state index is -4.08. The molecule has 210 valence electrons. The Kier molecular flexibility index (Phi) is 15.2. The van der Waals surface area contributed by atoms with Gasteiger partial charge in [0.25, 0.3) is 10.0 Å². The fourth-order valence-corrected chi connectivity index (χ4v) is 9.21. The Morgan fingerprint density at radius 3 is 2.00 bits per heavy atom. The summed E-state index contributed by atoms with van der Waals surface area (Å²) in [6, 6.07) is 4.30. The van der Waals surface area contributed by atoms with E-state index >= 15 is 0 Å². The monoisotopic (exact) mass is 545 g/mol. The van der Waals surface area contributed by atoms with E-state index in [1.165, 1.54) is 39.0 Å².